The lowest BCUT2D eigenvalue weighted by Crippen LogP contribution is -2.46. The van der Waals surface area contributed by atoms with Crippen molar-refractivity contribution in [2.75, 3.05) is 0 Å². The first kappa shape index (κ1) is 23.1. The summed E-state index contributed by atoms with van der Waals surface area (Å²) in [6.07, 6.45) is 6.36. The Labute approximate surface area is 214 Å². The second-order valence-electron chi connectivity index (χ2n) is 10.1. The van der Waals surface area contributed by atoms with Crippen LogP contribution in [0.1, 0.15) is 31.5 Å². The topological polar surface area (TPSA) is 71.6 Å². The van der Waals surface area contributed by atoms with Crippen molar-refractivity contribution in [2.45, 2.75) is 32.1 Å². The molecule has 0 bridgehead atoms. The third kappa shape index (κ3) is 3.62. The van der Waals surface area contributed by atoms with E-state index in [1.807, 2.05) is 60.1 Å². The largest absolute Gasteiger partial charge is 0.293 e. The molecule has 0 amide bonds. The summed E-state index contributed by atoms with van der Waals surface area (Å²) in [7, 11) is 0. The van der Waals surface area contributed by atoms with Crippen LogP contribution in [0.15, 0.2) is 84.7 Å². The highest BCUT2D eigenvalue weighted by atomic mass is 19.1. The van der Waals surface area contributed by atoms with Gasteiger partial charge >= 0.3 is 0 Å². The number of nitrogens with zero attached hydrogens (tertiary/aromatic N) is 4. The number of rotatable bonds is 3. The van der Waals surface area contributed by atoms with E-state index in [4.69, 9.17) is 5.10 Å². The highest BCUT2D eigenvalue weighted by Crippen LogP contribution is 2.52. The summed E-state index contributed by atoms with van der Waals surface area (Å²) in [5.41, 5.74) is 6.24. The average molecular weight is 489 g/mol. The minimum Gasteiger partial charge on any atom is -0.293 e. The Balaban J connectivity index is 1.56. The number of fused-ring (bicyclic) bond motifs is 3. The number of halogens is 1. The van der Waals surface area contributed by atoms with Crippen LogP contribution >= 0.6 is 0 Å². The number of carbonyl (C=O) groups excluding carboxylic acids is 1. The summed E-state index contributed by atoms with van der Waals surface area (Å²) < 4.78 is 15.7. The summed E-state index contributed by atoms with van der Waals surface area (Å²) in [6.45, 7) is 4.08. The molecule has 6 heteroatoms. The fraction of sp³-hybridized carbons (Fsp3) is 0.226. The Kier molecular flexibility index (Phi) is 5.38. The van der Waals surface area contributed by atoms with E-state index in [2.05, 4.69) is 30.1 Å². The number of ketones is 1. The first-order valence-corrected chi connectivity index (χ1v) is 12.5. The van der Waals surface area contributed by atoms with Crippen LogP contribution in [0.2, 0.25) is 0 Å². The number of allylic oxidation sites excluding steroid dienone is 2. The second-order valence-corrected chi connectivity index (χ2v) is 10.1. The second kappa shape index (κ2) is 8.63. The number of Topliss-reactive ketones (excluding diaryl/α,β-unsaturated/α-hetero) is 1. The molecule has 0 radical (unpaired) electrons. The number of carbonyl (C=O) groups is 1. The number of hydrogen-bond donors (Lipinski definition) is 0. The lowest BCUT2D eigenvalue weighted by molar-refractivity contribution is -0.121. The van der Waals surface area contributed by atoms with Crippen molar-refractivity contribution >= 4 is 5.78 Å². The van der Waals surface area contributed by atoms with Gasteiger partial charge in [-0.05, 0) is 42.5 Å². The van der Waals surface area contributed by atoms with Crippen LogP contribution in [-0.2, 0) is 16.6 Å². The normalized spacial score (nSPS) is 22.5. The zero-order valence-electron chi connectivity index (χ0n) is 20.6. The zero-order chi connectivity index (χ0) is 25.7. The van der Waals surface area contributed by atoms with Gasteiger partial charge in [0.1, 0.15) is 11.9 Å². The molecule has 0 unspecified atom stereocenters. The Morgan fingerprint density at radius 2 is 1.81 bits per heavy atom. The van der Waals surface area contributed by atoms with Crippen LogP contribution < -0.4 is 0 Å². The number of benzene rings is 2. The van der Waals surface area contributed by atoms with Gasteiger partial charge in [0.05, 0.1) is 28.8 Å². The van der Waals surface area contributed by atoms with Gasteiger partial charge in [0.15, 0.2) is 5.78 Å². The number of aromatic nitrogens is 3. The molecule has 6 rings (SSSR count). The van der Waals surface area contributed by atoms with Gasteiger partial charge in [0.25, 0.3) is 0 Å². The molecule has 2 aliphatic rings. The molecule has 2 aromatic heterocycles. The minimum absolute atomic E-state index is 0.0707. The SMILES string of the molecule is C[C@H]1C(=O)C(C#N)=C[C@@]2(C)c3c(c(-c4ccccc4)nn3-c3ccc(-c4cncc(F)c4)cc3)CC[C@H]12. The summed E-state index contributed by atoms with van der Waals surface area (Å²) in [5, 5.41) is 14.9. The standard InChI is InChI=1S/C31H25FN4O/c1-19-27-13-12-26-28(21-6-4-3-5-7-21)35-36(30(26)31(27,2)15-23(16-33)29(19)37)25-10-8-20(9-11-25)22-14-24(32)18-34-17-22/h3-11,14-15,17-19,27H,12-13H2,1-2H3/t19-,27-,31-/m1/s1. The van der Waals surface area contributed by atoms with Gasteiger partial charge in [-0.2, -0.15) is 10.4 Å². The molecule has 182 valence electrons. The molecule has 0 aliphatic heterocycles. The van der Waals surface area contributed by atoms with Crippen LogP contribution in [0, 0.1) is 29.0 Å². The van der Waals surface area contributed by atoms with Gasteiger partial charge in [-0.3, -0.25) is 9.78 Å². The van der Waals surface area contributed by atoms with Crippen molar-refractivity contribution in [1.82, 2.24) is 14.8 Å². The fourth-order valence-corrected chi connectivity index (χ4v) is 6.23. The van der Waals surface area contributed by atoms with Crippen LogP contribution in [-0.4, -0.2) is 20.5 Å². The Morgan fingerprint density at radius 1 is 1.05 bits per heavy atom. The Hall–Kier alpha value is -4.37. The molecule has 0 fully saturated rings. The summed E-state index contributed by atoms with van der Waals surface area (Å²) >= 11 is 0. The summed E-state index contributed by atoms with van der Waals surface area (Å²) in [4.78, 5) is 16.9. The first-order chi connectivity index (χ1) is 17.9. The van der Waals surface area contributed by atoms with Crippen LogP contribution in [0.3, 0.4) is 0 Å². The third-order valence-electron chi connectivity index (χ3n) is 8.01. The molecule has 5 nitrogen and oxygen atoms in total. The van der Waals surface area contributed by atoms with Gasteiger partial charge in [-0.15, -0.1) is 0 Å². The molecule has 37 heavy (non-hydrogen) atoms. The number of hydrogen-bond acceptors (Lipinski definition) is 4. The first-order valence-electron chi connectivity index (χ1n) is 12.5. The molecule has 2 aromatic carbocycles. The average Bonchev–Trinajstić information content (AvgIpc) is 3.32. The van der Waals surface area contributed by atoms with Crippen molar-refractivity contribution < 1.29 is 9.18 Å². The molecule has 2 aliphatic carbocycles. The highest BCUT2D eigenvalue weighted by molar-refractivity contribution is 6.02. The van der Waals surface area contributed by atoms with Crippen LogP contribution in [0.25, 0.3) is 28.1 Å². The van der Waals surface area contributed by atoms with Gasteiger partial charge in [-0.1, -0.05) is 62.4 Å². The quantitative estimate of drug-likeness (QED) is 0.343. The van der Waals surface area contributed by atoms with Crippen molar-refractivity contribution in [1.29, 1.82) is 5.26 Å². The monoisotopic (exact) mass is 488 g/mol. The van der Waals surface area contributed by atoms with Gasteiger partial charge in [0.2, 0.25) is 0 Å². The van der Waals surface area contributed by atoms with Gasteiger partial charge in [0, 0.05) is 34.2 Å². The molecule has 2 heterocycles. The lowest BCUT2D eigenvalue weighted by atomic mass is 9.57. The van der Waals surface area contributed by atoms with Crippen LogP contribution in [0.5, 0.6) is 0 Å². The van der Waals surface area contributed by atoms with Crippen molar-refractivity contribution in [2.24, 2.45) is 11.8 Å². The maximum absolute atomic E-state index is 13.7. The van der Waals surface area contributed by atoms with Gasteiger partial charge in [-0.25, -0.2) is 9.07 Å². The van der Waals surface area contributed by atoms with E-state index in [1.165, 1.54) is 12.3 Å². The van der Waals surface area contributed by atoms with Gasteiger partial charge < -0.3 is 0 Å². The maximum Gasteiger partial charge on any atom is 0.176 e. The van der Waals surface area contributed by atoms with E-state index >= 15 is 0 Å². The van der Waals surface area contributed by atoms with Crippen LogP contribution in [0.4, 0.5) is 4.39 Å². The molecule has 3 atom stereocenters. The lowest BCUT2D eigenvalue weighted by Gasteiger charge is -2.45. The van der Waals surface area contributed by atoms with E-state index in [9.17, 15) is 14.4 Å². The molecular weight excluding hydrogens is 463 g/mol. The maximum atomic E-state index is 13.7. The third-order valence-corrected chi connectivity index (χ3v) is 8.01. The zero-order valence-corrected chi connectivity index (χ0v) is 20.6. The molecular formula is C31H25FN4O. The fourth-order valence-electron chi connectivity index (χ4n) is 6.23. The van der Waals surface area contributed by atoms with Crippen molar-refractivity contribution in [3.63, 3.8) is 0 Å². The molecule has 0 N–H and O–H groups in total. The number of pyridine rings is 1. The smallest absolute Gasteiger partial charge is 0.176 e. The predicted octanol–water partition coefficient (Wildman–Crippen LogP) is 6.23. The van der Waals surface area contributed by atoms with E-state index in [0.717, 1.165) is 46.6 Å². The summed E-state index contributed by atoms with van der Waals surface area (Å²) in [6, 6.07) is 21.6. The van der Waals surface area contributed by atoms with E-state index in [-0.39, 0.29) is 29.0 Å². The van der Waals surface area contributed by atoms with Crippen molar-refractivity contribution in [3.8, 4) is 34.1 Å². The molecule has 0 saturated carbocycles. The summed E-state index contributed by atoms with van der Waals surface area (Å²) in [5.74, 6) is -0.628. The predicted molar refractivity (Wildman–Crippen MR) is 139 cm³/mol. The highest BCUT2D eigenvalue weighted by Gasteiger charge is 2.50. The van der Waals surface area contributed by atoms with Crippen molar-refractivity contribution in [3.05, 3.63) is 102 Å². The van der Waals surface area contributed by atoms with E-state index in [1.54, 1.807) is 6.20 Å². The molecule has 0 spiro atoms. The molecule has 4 aromatic rings. The van der Waals surface area contributed by atoms with E-state index < -0.39 is 5.41 Å². The Morgan fingerprint density at radius 3 is 2.51 bits per heavy atom. The van der Waals surface area contributed by atoms with E-state index in [0.29, 0.717) is 5.56 Å². The number of nitriles is 1. The minimum atomic E-state index is -0.531. The Bertz CT molecular complexity index is 1600. The molecule has 0 saturated heterocycles.